The number of rotatable bonds is 11. The summed E-state index contributed by atoms with van der Waals surface area (Å²) in [4.78, 5) is 19.0. The van der Waals surface area contributed by atoms with Gasteiger partial charge in [0.15, 0.2) is 12.6 Å². The summed E-state index contributed by atoms with van der Waals surface area (Å²) in [6.07, 6.45) is 5.60. The molecule has 2 aliphatic rings. The van der Waals surface area contributed by atoms with Gasteiger partial charge in [0.1, 0.15) is 5.75 Å². The van der Waals surface area contributed by atoms with E-state index in [9.17, 15) is 4.79 Å². The normalized spacial score (nSPS) is 19.5. The first-order valence-corrected chi connectivity index (χ1v) is 11.4. The summed E-state index contributed by atoms with van der Waals surface area (Å²) in [6.45, 7) is 9.23. The van der Waals surface area contributed by atoms with Crippen molar-refractivity contribution in [3.05, 3.63) is 29.8 Å². The van der Waals surface area contributed by atoms with Crippen LogP contribution in [0, 0.1) is 0 Å². The molecule has 1 amide bonds. The third-order valence-electron chi connectivity index (χ3n) is 5.65. The van der Waals surface area contributed by atoms with Crippen LogP contribution in [-0.2, 0) is 11.2 Å². The molecule has 1 saturated heterocycles. The van der Waals surface area contributed by atoms with Crippen molar-refractivity contribution in [3.63, 3.8) is 0 Å². The maximum atomic E-state index is 11.7. The SMILES string of the molecule is CCNC(=NCC1CCCN1CC)NCCc1ccc(OCC(=O)NC2CC2)cc1. The molecule has 30 heavy (non-hydrogen) atoms. The fraction of sp³-hybridized carbons (Fsp3) is 0.652. The van der Waals surface area contributed by atoms with Crippen LogP contribution in [0.3, 0.4) is 0 Å². The van der Waals surface area contributed by atoms with Crippen molar-refractivity contribution >= 4 is 11.9 Å². The Labute approximate surface area is 180 Å². The van der Waals surface area contributed by atoms with E-state index in [4.69, 9.17) is 9.73 Å². The molecule has 1 aliphatic carbocycles. The molecule has 1 aromatic carbocycles. The lowest BCUT2D eigenvalue weighted by atomic mass is 10.1. The average Bonchev–Trinajstić information content (AvgIpc) is 3.45. The van der Waals surface area contributed by atoms with Gasteiger partial charge in [-0.2, -0.15) is 0 Å². The molecule has 1 aromatic rings. The molecule has 7 heteroatoms. The highest BCUT2D eigenvalue weighted by Gasteiger charge is 2.23. The lowest BCUT2D eigenvalue weighted by Crippen LogP contribution is -2.40. The van der Waals surface area contributed by atoms with Gasteiger partial charge < -0.3 is 20.7 Å². The lowest BCUT2D eigenvalue weighted by Gasteiger charge is -2.21. The van der Waals surface area contributed by atoms with E-state index in [2.05, 4.69) is 46.8 Å². The Balaban J connectivity index is 1.38. The number of likely N-dealkylation sites (tertiary alicyclic amines) is 1. The molecule has 3 rings (SSSR count). The molecule has 0 spiro atoms. The second-order valence-corrected chi connectivity index (χ2v) is 8.10. The highest BCUT2D eigenvalue weighted by molar-refractivity contribution is 5.79. The van der Waals surface area contributed by atoms with E-state index in [0.717, 1.165) is 57.2 Å². The predicted octanol–water partition coefficient (Wildman–Crippen LogP) is 1.93. The van der Waals surface area contributed by atoms with Gasteiger partial charge in [0.2, 0.25) is 0 Å². The fourth-order valence-electron chi connectivity index (χ4n) is 3.78. The van der Waals surface area contributed by atoms with E-state index < -0.39 is 0 Å². The second kappa shape index (κ2) is 11.8. The molecule has 166 valence electrons. The second-order valence-electron chi connectivity index (χ2n) is 8.10. The first-order valence-electron chi connectivity index (χ1n) is 11.4. The molecular formula is C23H37N5O2. The van der Waals surface area contributed by atoms with Crippen LogP contribution in [0.4, 0.5) is 0 Å². The zero-order valence-electron chi connectivity index (χ0n) is 18.5. The number of carbonyl (C=O) groups excluding carboxylic acids is 1. The standard InChI is InChI=1S/C23H37N5O2/c1-3-24-23(26-16-20-6-5-15-28(20)4-2)25-14-13-18-7-11-21(12-8-18)30-17-22(29)27-19-9-10-19/h7-8,11-12,19-20H,3-6,9-10,13-17H2,1-2H3,(H,27,29)(H2,24,25,26). The number of nitrogens with one attached hydrogen (secondary N) is 3. The summed E-state index contributed by atoms with van der Waals surface area (Å²) in [5, 5.41) is 9.71. The Hall–Kier alpha value is -2.28. The van der Waals surface area contributed by atoms with E-state index in [1.54, 1.807) is 0 Å². The van der Waals surface area contributed by atoms with E-state index >= 15 is 0 Å². The van der Waals surface area contributed by atoms with E-state index in [1.165, 1.54) is 24.9 Å². The summed E-state index contributed by atoms with van der Waals surface area (Å²) in [6, 6.07) is 8.91. The highest BCUT2D eigenvalue weighted by atomic mass is 16.5. The van der Waals surface area contributed by atoms with Crippen LogP contribution in [-0.4, -0.2) is 68.2 Å². The number of guanidine groups is 1. The number of ether oxygens (including phenoxy) is 1. The molecule has 3 N–H and O–H groups in total. The molecule has 7 nitrogen and oxygen atoms in total. The molecule has 1 saturated carbocycles. The number of aliphatic imine (C=N–C) groups is 1. The Morgan fingerprint density at radius 2 is 1.97 bits per heavy atom. The van der Waals surface area contributed by atoms with Gasteiger partial charge in [-0.25, -0.2) is 0 Å². The van der Waals surface area contributed by atoms with E-state index in [1.807, 2.05) is 12.1 Å². The fourth-order valence-corrected chi connectivity index (χ4v) is 3.78. The summed E-state index contributed by atoms with van der Waals surface area (Å²) >= 11 is 0. The minimum absolute atomic E-state index is 0.0410. The Morgan fingerprint density at radius 1 is 1.17 bits per heavy atom. The Kier molecular flexibility index (Phi) is 8.81. The van der Waals surface area contributed by atoms with E-state index in [0.29, 0.717) is 12.1 Å². The molecule has 0 radical (unpaired) electrons. The Bertz CT molecular complexity index is 687. The number of hydrogen-bond donors (Lipinski definition) is 3. The minimum Gasteiger partial charge on any atom is -0.484 e. The number of benzene rings is 1. The number of nitrogens with zero attached hydrogens (tertiary/aromatic N) is 2. The van der Waals surface area contributed by atoms with Crippen molar-refractivity contribution in [3.8, 4) is 5.75 Å². The van der Waals surface area contributed by atoms with Gasteiger partial charge >= 0.3 is 0 Å². The molecule has 0 bridgehead atoms. The number of amides is 1. The molecular weight excluding hydrogens is 378 g/mol. The lowest BCUT2D eigenvalue weighted by molar-refractivity contribution is -0.123. The minimum atomic E-state index is -0.0410. The van der Waals surface area contributed by atoms with Crippen molar-refractivity contribution in [1.29, 1.82) is 0 Å². The summed E-state index contributed by atoms with van der Waals surface area (Å²) in [5.41, 5.74) is 1.22. The molecule has 1 aliphatic heterocycles. The largest absolute Gasteiger partial charge is 0.484 e. The molecule has 2 fully saturated rings. The topological polar surface area (TPSA) is 78.0 Å². The quantitative estimate of drug-likeness (QED) is 0.380. The smallest absolute Gasteiger partial charge is 0.258 e. The summed E-state index contributed by atoms with van der Waals surface area (Å²) < 4.78 is 5.56. The maximum Gasteiger partial charge on any atom is 0.258 e. The van der Waals surface area contributed by atoms with Gasteiger partial charge in [-0.05, 0) is 69.8 Å². The van der Waals surface area contributed by atoms with Gasteiger partial charge in [-0.15, -0.1) is 0 Å². The van der Waals surface area contributed by atoms with Crippen molar-refractivity contribution < 1.29 is 9.53 Å². The number of carbonyl (C=O) groups is 1. The maximum absolute atomic E-state index is 11.7. The van der Waals surface area contributed by atoms with Crippen LogP contribution in [0.1, 0.15) is 45.1 Å². The van der Waals surface area contributed by atoms with Crippen molar-refractivity contribution in [2.45, 2.75) is 58.0 Å². The number of likely N-dealkylation sites (N-methyl/N-ethyl adjacent to an activating group) is 1. The summed E-state index contributed by atoms with van der Waals surface area (Å²) in [7, 11) is 0. The van der Waals surface area contributed by atoms with Crippen LogP contribution in [0.25, 0.3) is 0 Å². The molecule has 0 aromatic heterocycles. The predicted molar refractivity (Wildman–Crippen MR) is 121 cm³/mol. The average molecular weight is 416 g/mol. The van der Waals surface area contributed by atoms with Gasteiger partial charge in [0.25, 0.3) is 5.91 Å². The number of hydrogen-bond acceptors (Lipinski definition) is 4. The molecule has 1 unspecified atom stereocenters. The van der Waals surface area contributed by atoms with Gasteiger partial charge in [-0.1, -0.05) is 19.1 Å². The van der Waals surface area contributed by atoms with Crippen LogP contribution in [0.2, 0.25) is 0 Å². The van der Waals surface area contributed by atoms with Crippen LogP contribution >= 0.6 is 0 Å². The highest BCUT2D eigenvalue weighted by Crippen LogP contribution is 2.19. The third kappa shape index (κ3) is 7.52. The Morgan fingerprint density at radius 3 is 2.67 bits per heavy atom. The van der Waals surface area contributed by atoms with Crippen molar-refractivity contribution in [2.24, 2.45) is 4.99 Å². The van der Waals surface area contributed by atoms with E-state index in [-0.39, 0.29) is 12.5 Å². The molecule has 1 heterocycles. The molecule has 1 atom stereocenters. The van der Waals surface area contributed by atoms with Crippen LogP contribution in [0.15, 0.2) is 29.3 Å². The summed E-state index contributed by atoms with van der Waals surface area (Å²) in [5.74, 6) is 1.58. The van der Waals surface area contributed by atoms with Crippen LogP contribution < -0.4 is 20.7 Å². The zero-order valence-corrected chi connectivity index (χ0v) is 18.5. The van der Waals surface area contributed by atoms with Gasteiger partial charge in [0, 0.05) is 25.2 Å². The third-order valence-corrected chi connectivity index (χ3v) is 5.65. The zero-order chi connectivity index (χ0) is 21.2. The van der Waals surface area contributed by atoms with Crippen molar-refractivity contribution in [2.75, 3.05) is 39.3 Å². The monoisotopic (exact) mass is 415 g/mol. The first-order chi connectivity index (χ1) is 14.7. The van der Waals surface area contributed by atoms with Crippen molar-refractivity contribution in [1.82, 2.24) is 20.9 Å². The van der Waals surface area contributed by atoms with Gasteiger partial charge in [-0.3, -0.25) is 14.7 Å². The van der Waals surface area contributed by atoms with Gasteiger partial charge in [0.05, 0.1) is 6.54 Å². The van der Waals surface area contributed by atoms with Crippen LogP contribution in [0.5, 0.6) is 5.75 Å². The first kappa shape index (κ1) is 22.4.